The summed E-state index contributed by atoms with van der Waals surface area (Å²) in [7, 11) is 1.62. The summed E-state index contributed by atoms with van der Waals surface area (Å²) >= 11 is 0. The van der Waals surface area contributed by atoms with E-state index in [1.807, 2.05) is 55.5 Å². The van der Waals surface area contributed by atoms with Gasteiger partial charge in [-0.15, -0.1) is 0 Å². The van der Waals surface area contributed by atoms with Crippen molar-refractivity contribution in [3.05, 3.63) is 60.4 Å². The molecule has 0 bridgehead atoms. The number of piperidine rings is 1. The number of methoxy groups -OCH3 is 1. The third-order valence-corrected chi connectivity index (χ3v) is 6.73. The lowest BCUT2D eigenvalue weighted by Gasteiger charge is -2.30. The third kappa shape index (κ3) is 5.04. The number of fused-ring (bicyclic) bond motifs is 2. The maximum Gasteiger partial charge on any atom is 0.220 e. The molecule has 1 amide bonds. The summed E-state index contributed by atoms with van der Waals surface area (Å²) in [5.41, 5.74) is 7.93. The van der Waals surface area contributed by atoms with Gasteiger partial charge in [-0.1, -0.05) is 18.2 Å². The Balaban J connectivity index is 1.33. The number of hydrogen-bond acceptors (Lipinski definition) is 7. The number of ether oxygens (including phenoxy) is 3. The number of likely N-dealkylation sites (tertiary alicyclic amines) is 1. The fourth-order valence-electron chi connectivity index (χ4n) is 4.63. The topological polar surface area (TPSA) is 99.8 Å². The molecule has 5 rings (SSSR count). The van der Waals surface area contributed by atoms with Crippen molar-refractivity contribution in [2.24, 2.45) is 11.7 Å². The van der Waals surface area contributed by atoms with Crippen molar-refractivity contribution < 1.29 is 19.0 Å². The van der Waals surface area contributed by atoms with Crippen LogP contribution in [0.4, 0.5) is 0 Å². The quantitative estimate of drug-likeness (QED) is 0.392. The SMILES string of the molecule is COc1cc2c(Oc3cc4ccccc4nc3C)ccnc2cc1OCCN1CCC(C(N)=O)CC1. The molecule has 0 atom stereocenters. The number of rotatable bonds is 8. The average molecular weight is 487 g/mol. The highest BCUT2D eigenvalue weighted by molar-refractivity contribution is 5.88. The van der Waals surface area contributed by atoms with Crippen LogP contribution < -0.4 is 19.9 Å². The Labute approximate surface area is 210 Å². The van der Waals surface area contributed by atoms with Crippen molar-refractivity contribution >= 4 is 27.7 Å². The molecule has 186 valence electrons. The number of benzene rings is 2. The van der Waals surface area contributed by atoms with Crippen molar-refractivity contribution in [1.29, 1.82) is 0 Å². The van der Waals surface area contributed by atoms with Gasteiger partial charge in [-0.05, 0) is 57.1 Å². The first-order valence-electron chi connectivity index (χ1n) is 12.2. The van der Waals surface area contributed by atoms with Crippen LogP contribution in [0.3, 0.4) is 0 Å². The van der Waals surface area contributed by atoms with Crippen molar-refractivity contribution in [2.45, 2.75) is 19.8 Å². The Morgan fingerprint density at radius 1 is 1.03 bits per heavy atom. The van der Waals surface area contributed by atoms with Gasteiger partial charge in [0.15, 0.2) is 11.5 Å². The molecule has 4 aromatic rings. The number of nitrogens with two attached hydrogens (primary N) is 1. The van der Waals surface area contributed by atoms with E-state index in [-0.39, 0.29) is 11.8 Å². The van der Waals surface area contributed by atoms with E-state index in [4.69, 9.17) is 19.9 Å². The number of para-hydroxylation sites is 1. The zero-order valence-corrected chi connectivity index (χ0v) is 20.6. The first-order valence-corrected chi connectivity index (χ1v) is 12.2. The van der Waals surface area contributed by atoms with E-state index < -0.39 is 0 Å². The number of aromatic nitrogens is 2. The second kappa shape index (κ2) is 10.4. The van der Waals surface area contributed by atoms with E-state index in [0.717, 1.165) is 60.0 Å². The van der Waals surface area contributed by atoms with Gasteiger partial charge >= 0.3 is 0 Å². The lowest BCUT2D eigenvalue weighted by Crippen LogP contribution is -2.40. The molecule has 1 saturated heterocycles. The molecule has 0 radical (unpaired) electrons. The van der Waals surface area contributed by atoms with Crippen molar-refractivity contribution in [2.75, 3.05) is 33.4 Å². The highest BCUT2D eigenvalue weighted by atomic mass is 16.5. The minimum atomic E-state index is -0.199. The molecule has 2 aromatic heterocycles. The zero-order chi connectivity index (χ0) is 25.1. The molecule has 0 unspecified atom stereocenters. The molecule has 3 heterocycles. The van der Waals surface area contributed by atoms with Crippen LogP contribution in [-0.4, -0.2) is 54.1 Å². The molecule has 1 fully saturated rings. The van der Waals surface area contributed by atoms with Crippen molar-refractivity contribution in [3.63, 3.8) is 0 Å². The van der Waals surface area contributed by atoms with E-state index >= 15 is 0 Å². The van der Waals surface area contributed by atoms with Crippen LogP contribution in [0.15, 0.2) is 54.7 Å². The smallest absolute Gasteiger partial charge is 0.220 e. The summed E-state index contributed by atoms with van der Waals surface area (Å²) in [6.45, 7) is 4.89. The van der Waals surface area contributed by atoms with Crippen molar-refractivity contribution in [3.8, 4) is 23.0 Å². The van der Waals surface area contributed by atoms with Crippen LogP contribution >= 0.6 is 0 Å². The second-order valence-corrected chi connectivity index (χ2v) is 9.06. The number of amides is 1. The monoisotopic (exact) mass is 486 g/mol. The first kappa shape index (κ1) is 23.8. The first-order chi connectivity index (χ1) is 17.5. The number of hydrogen-bond donors (Lipinski definition) is 1. The third-order valence-electron chi connectivity index (χ3n) is 6.73. The number of aryl methyl sites for hydroxylation is 1. The highest BCUT2D eigenvalue weighted by Gasteiger charge is 2.23. The summed E-state index contributed by atoms with van der Waals surface area (Å²) in [5, 5.41) is 1.84. The van der Waals surface area contributed by atoms with Crippen LogP contribution in [0.2, 0.25) is 0 Å². The average Bonchev–Trinajstić information content (AvgIpc) is 2.89. The fourth-order valence-corrected chi connectivity index (χ4v) is 4.63. The number of nitrogens with zero attached hydrogens (tertiary/aromatic N) is 3. The summed E-state index contributed by atoms with van der Waals surface area (Å²) in [6.07, 6.45) is 3.32. The maximum atomic E-state index is 11.4. The zero-order valence-electron chi connectivity index (χ0n) is 20.6. The second-order valence-electron chi connectivity index (χ2n) is 9.06. The van der Waals surface area contributed by atoms with Crippen LogP contribution in [0, 0.1) is 12.8 Å². The number of carbonyl (C=O) groups is 1. The minimum absolute atomic E-state index is 0.0144. The standard InChI is InChI=1S/C28H30N4O4/c1-18-25(15-20-5-3-4-6-22(20)31-18)36-24-7-10-30-23-17-27(26(34-2)16-21(23)24)35-14-13-32-11-8-19(9-12-32)28(29)33/h3-7,10,15-17,19H,8-9,11-14H2,1-2H3,(H2,29,33). The van der Waals surface area contributed by atoms with Gasteiger partial charge in [0.25, 0.3) is 0 Å². The van der Waals surface area contributed by atoms with E-state index in [0.29, 0.717) is 29.6 Å². The molecule has 2 aromatic carbocycles. The Kier molecular flexibility index (Phi) is 6.86. The van der Waals surface area contributed by atoms with Gasteiger partial charge in [-0.2, -0.15) is 0 Å². The molecule has 36 heavy (non-hydrogen) atoms. The van der Waals surface area contributed by atoms with Gasteiger partial charge < -0.3 is 19.9 Å². The Hall–Kier alpha value is -3.91. The van der Waals surface area contributed by atoms with Crippen LogP contribution in [0.5, 0.6) is 23.0 Å². The Morgan fingerprint density at radius 3 is 2.61 bits per heavy atom. The van der Waals surface area contributed by atoms with Gasteiger partial charge in [-0.3, -0.25) is 14.7 Å². The lowest BCUT2D eigenvalue weighted by molar-refractivity contribution is -0.123. The predicted molar refractivity (Wildman–Crippen MR) is 139 cm³/mol. The van der Waals surface area contributed by atoms with Gasteiger partial charge in [-0.25, -0.2) is 4.98 Å². The minimum Gasteiger partial charge on any atom is -0.493 e. The Morgan fingerprint density at radius 2 is 1.83 bits per heavy atom. The maximum absolute atomic E-state index is 11.4. The van der Waals surface area contributed by atoms with Gasteiger partial charge in [0.1, 0.15) is 18.1 Å². The van der Waals surface area contributed by atoms with E-state index in [2.05, 4.69) is 14.9 Å². The van der Waals surface area contributed by atoms with E-state index in [1.165, 1.54) is 0 Å². The molecule has 1 aliphatic heterocycles. The van der Waals surface area contributed by atoms with Crippen LogP contribution in [-0.2, 0) is 4.79 Å². The molecule has 0 aliphatic carbocycles. The fraction of sp³-hybridized carbons (Fsp3) is 0.321. The summed E-state index contributed by atoms with van der Waals surface area (Å²) in [4.78, 5) is 22.9. The predicted octanol–water partition coefficient (Wildman–Crippen LogP) is 4.47. The number of primary amides is 1. The summed E-state index contributed by atoms with van der Waals surface area (Å²) in [6, 6.07) is 15.6. The summed E-state index contributed by atoms with van der Waals surface area (Å²) < 4.78 is 18.0. The molecule has 1 aliphatic rings. The molecular formula is C28H30N4O4. The van der Waals surface area contributed by atoms with Crippen molar-refractivity contribution in [1.82, 2.24) is 14.9 Å². The van der Waals surface area contributed by atoms with Crippen LogP contribution in [0.1, 0.15) is 18.5 Å². The van der Waals surface area contributed by atoms with Gasteiger partial charge in [0.05, 0.1) is 23.8 Å². The van der Waals surface area contributed by atoms with Gasteiger partial charge in [0, 0.05) is 35.5 Å². The highest BCUT2D eigenvalue weighted by Crippen LogP contribution is 2.38. The lowest BCUT2D eigenvalue weighted by atomic mass is 9.96. The molecule has 0 saturated carbocycles. The number of pyridine rings is 2. The molecule has 8 heteroatoms. The van der Waals surface area contributed by atoms with E-state index in [1.54, 1.807) is 13.3 Å². The van der Waals surface area contributed by atoms with Crippen LogP contribution in [0.25, 0.3) is 21.8 Å². The van der Waals surface area contributed by atoms with E-state index in [9.17, 15) is 4.79 Å². The number of carbonyl (C=O) groups excluding carboxylic acids is 1. The molecular weight excluding hydrogens is 456 g/mol. The van der Waals surface area contributed by atoms with Gasteiger partial charge in [0.2, 0.25) is 5.91 Å². The summed E-state index contributed by atoms with van der Waals surface area (Å²) in [5.74, 6) is 2.39. The normalized spacial score (nSPS) is 14.7. The largest absolute Gasteiger partial charge is 0.493 e. The molecule has 8 nitrogen and oxygen atoms in total. The Bertz CT molecular complexity index is 1400. The molecule has 2 N–H and O–H groups in total. The molecule has 0 spiro atoms.